The molecule has 1 aliphatic rings. The van der Waals surface area contributed by atoms with Crippen LogP contribution in [0, 0.1) is 0 Å². The second kappa shape index (κ2) is 11.5. The molecule has 8 heteroatoms. The summed E-state index contributed by atoms with van der Waals surface area (Å²) in [7, 11) is 1.32. The van der Waals surface area contributed by atoms with Gasteiger partial charge in [0.15, 0.2) is 5.16 Å². The molecule has 1 fully saturated rings. The summed E-state index contributed by atoms with van der Waals surface area (Å²) in [4.78, 5) is 45.3. The summed E-state index contributed by atoms with van der Waals surface area (Å²) >= 11 is 1.29. The number of nitrogens with zero attached hydrogens (tertiary/aromatic N) is 3. The van der Waals surface area contributed by atoms with Gasteiger partial charge in [-0.1, -0.05) is 49.0 Å². The number of rotatable bonds is 8. The highest BCUT2D eigenvalue weighted by Crippen LogP contribution is 2.24. The lowest BCUT2D eigenvalue weighted by Crippen LogP contribution is -2.44. The van der Waals surface area contributed by atoms with Gasteiger partial charge in [0.05, 0.1) is 29.3 Å². The summed E-state index contributed by atoms with van der Waals surface area (Å²) in [5.74, 6) is -0.188. The Morgan fingerprint density at radius 3 is 2.69 bits per heavy atom. The largest absolute Gasteiger partial charge is 0.465 e. The molecular formula is C27H31N3O4S. The Hall–Kier alpha value is -3.13. The van der Waals surface area contributed by atoms with Crippen molar-refractivity contribution in [2.45, 2.75) is 56.8 Å². The molecule has 0 aliphatic carbocycles. The predicted molar refractivity (Wildman–Crippen MR) is 138 cm³/mol. The SMILES string of the molecule is CCC1CCCCN1C(=O)CSc1nc2cc(C(=O)OC)ccc2c(=O)n1CCc1ccccc1. The zero-order valence-corrected chi connectivity index (χ0v) is 21.1. The fraction of sp³-hybridized carbons (Fsp3) is 0.407. The van der Waals surface area contributed by atoms with Crippen molar-refractivity contribution in [3.05, 3.63) is 70.0 Å². The van der Waals surface area contributed by atoms with Crippen molar-refractivity contribution in [2.24, 2.45) is 0 Å². The summed E-state index contributed by atoms with van der Waals surface area (Å²) in [6.07, 6.45) is 4.84. The van der Waals surface area contributed by atoms with Crippen LogP contribution in [0.15, 0.2) is 58.5 Å². The number of carbonyl (C=O) groups is 2. The van der Waals surface area contributed by atoms with Gasteiger partial charge in [0.2, 0.25) is 5.91 Å². The van der Waals surface area contributed by atoms with E-state index < -0.39 is 5.97 Å². The van der Waals surface area contributed by atoms with E-state index in [2.05, 4.69) is 6.92 Å². The number of esters is 1. The van der Waals surface area contributed by atoms with Crippen molar-refractivity contribution in [1.82, 2.24) is 14.5 Å². The highest BCUT2D eigenvalue weighted by Gasteiger charge is 2.26. The smallest absolute Gasteiger partial charge is 0.337 e. The first-order chi connectivity index (χ1) is 17.0. The molecule has 1 amide bonds. The molecule has 35 heavy (non-hydrogen) atoms. The van der Waals surface area contributed by atoms with Gasteiger partial charge in [-0.3, -0.25) is 14.2 Å². The van der Waals surface area contributed by atoms with Crippen molar-refractivity contribution in [3.8, 4) is 0 Å². The Morgan fingerprint density at radius 2 is 1.94 bits per heavy atom. The molecule has 1 atom stereocenters. The molecule has 4 rings (SSSR count). The number of likely N-dealkylation sites (tertiary alicyclic amines) is 1. The first-order valence-corrected chi connectivity index (χ1v) is 13.1. The van der Waals surface area contributed by atoms with Crippen molar-refractivity contribution < 1.29 is 14.3 Å². The van der Waals surface area contributed by atoms with Gasteiger partial charge in [-0.2, -0.15) is 0 Å². The van der Waals surface area contributed by atoms with E-state index in [1.54, 1.807) is 22.8 Å². The molecule has 1 aromatic heterocycles. The van der Waals surface area contributed by atoms with Crippen molar-refractivity contribution in [1.29, 1.82) is 0 Å². The van der Waals surface area contributed by atoms with Crippen molar-refractivity contribution >= 4 is 34.5 Å². The molecule has 0 radical (unpaired) electrons. The molecule has 0 saturated carbocycles. The molecule has 1 saturated heterocycles. The van der Waals surface area contributed by atoms with Crippen LogP contribution >= 0.6 is 11.8 Å². The van der Waals surface area contributed by atoms with Crippen LogP contribution < -0.4 is 5.56 Å². The molecule has 0 N–H and O–H groups in total. The maximum absolute atomic E-state index is 13.5. The number of fused-ring (bicyclic) bond motifs is 1. The number of piperidine rings is 1. The second-order valence-corrected chi connectivity index (χ2v) is 9.69. The molecular weight excluding hydrogens is 462 g/mol. The first kappa shape index (κ1) is 25.0. The van der Waals surface area contributed by atoms with Gasteiger partial charge < -0.3 is 9.64 Å². The van der Waals surface area contributed by atoms with Crippen LogP contribution in [0.2, 0.25) is 0 Å². The summed E-state index contributed by atoms with van der Waals surface area (Å²) in [6, 6.07) is 15.0. The van der Waals surface area contributed by atoms with E-state index in [4.69, 9.17) is 9.72 Å². The Labute approximate surface area is 209 Å². The molecule has 184 valence electrons. The van der Waals surface area contributed by atoms with Crippen LogP contribution in [-0.4, -0.2) is 51.8 Å². The fourth-order valence-electron chi connectivity index (χ4n) is 4.60. The Bertz CT molecular complexity index is 1260. The lowest BCUT2D eigenvalue weighted by atomic mass is 10.0. The minimum Gasteiger partial charge on any atom is -0.465 e. The van der Waals surface area contributed by atoms with Gasteiger partial charge in [-0.25, -0.2) is 9.78 Å². The minimum atomic E-state index is -0.484. The molecule has 1 aliphatic heterocycles. The standard InChI is InChI=1S/C27H31N3O4S/c1-3-21-11-7-8-15-29(21)24(31)18-35-27-28-23-17-20(26(33)34-2)12-13-22(23)25(32)30(27)16-14-19-9-5-4-6-10-19/h4-6,9-10,12-13,17,21H,3,7-8,11,14-16,18H2,1-2H3. The Morgan fingerprint density at radius 1 is 1.14 bits per heavy atom. The van der Waals surface area contributed by atoms with E-state index >= 15 is 0 Å². The number of thioether (sulfide) groups is 1. The monoisotopic (exact) mass is 493 g/mol. The van der Waals surface area contributed by atoms with Gasteiger partial charge in [-0.15, -0.1) is 0 Å². The first-order valence-electron chi connectivity index (χ1n) is 12.1. The van der Waals surface area contributed by atoms with Gasteiger partial charge in [0, 0.05) is 19.1 Å². The third kappa shape index (κ3) is 5.75. The number of aromatic nitrogens is 2. The highest BCUT2D eigenvalue weighted by atomic mass is 32.2. The lowest BCUT2D eigenvalue weighted by molar-refractivity contribution is -0.132. The second-order valence-electron chi connectivity index (χ2n) is 8.74. The van der Waals surface area contributed by atoms with Crippen LogP contribution in [0.25, 0.3) is 10.9 Å². The normalized spacial score (nSPS) is 15.8. The van der Waals surface area contributed by atoms with Crippen molar-refractivity contribution in [3.63, 3.8) is 0 Å². The summed E-state index contributed by atoms with van der Waals surface area (Å²) in [6.45, 7) is 3.35. The summed E-state index contributed by atoms with van der Waals surface area (Å²) in [5.41, 5.74) is 1.70. The number of amides is 1. The van der Waals surface area contributed by atoms with Crippen LogP contribution in [0.1, 0.15) is 48.5 Å². The van der Waals surface area contributed by atoms with Crippen LogP contribution in [0.4, 0.5) is 0 Å². The number of aryl methyl sites for hydroxylation is 1. The van der Waals surface area contributed by atoms with E-state index in [9.17, 15) is 14.4 Å². The molecule has 1 unspecified atom stereocenters. The molecule has 7 nitrogen and oxygen atoms in total. The van der Waals surface area contributed by atoms with Gasteiger partial charge in [-0.05, 0) is 55.9 Å². The third-order valence-electron chi connectivity index (χ3n) is 6.55. The van der Waals surface area contributed by atoms with Gasteiger partial charge >= 0.3 is 5.97 Å². The molecule has 3 aromatic rings. The van der Waals surface area contributed by atoms with E-state index in [0.717, 1.165) is 37.8 Å². The zero-order chi connectivity index (χ0) is 24.8. The van der Waals surface area contributed by atoms with E-state index in [0.29, 0.717) is 34.6 Å². The lowest BCUT2D eigenvalue weighted by Gasteiger charge is -2.35. The Balaban J connectivity index is 1.65. The molecule has 0 spiro atoms. The molecule has 0 bridgehead atoms. The maximum atomic E-state index is 13.5. The van der Waals surface area contributed by atoms with E-state index in [1.165, 1.54) is 18.9 Å². The van der Waals surface area contributed by atoms with Crippen LogP contribution in [-0.2, 0) is 22.5 Å². The summed E-state index contributed by atoms with van der Waals surface area (Å²) in [5, 5.41) is 0.919. The average Bonchev–Trinajstić information content (AvgIpc) is 2.91. The van der Waals surface area contributed by atoms with Gasteiger partial charge in [0.25, 0.3) is 5.56 Å². The van der Waals surface area contributed by atoms with Gasteiger partial charge in [0.1, 0.15) is 0 Å². The minimum absolute atomic E-state index is 0.0776. The quantitative estimate of drug-likeness (QED) is 0.264. The number of methoxy groups -OCH3 is 1. The Kier molecular flexibility index (Phi) is 8.23. The maximum Gasteiger partial charge on any atom is 0.337 e. The fourth-order valence-corrected chi connectivity index (χ4v) is 5.51. The van der Waals surface area contributed by atoms with E-state index in [1.807, 2.05) is 35.2 Å². The van der Waals surface area contributed by atoms with Crippen LogP contribution in [0.5, 0.6) is 0 Å². The number of benzene rings is 2. The molecule has 2 aromatic carbocycles. The topological polar surface area (TPSA) is 81.5 Å². The van der Waals surface area contributed by atoms with Crippen LogP contribution in [0.3, 0.4) is 0 Å². The van der Waals surface area contributed by atoms with Crippen molar-refractivity contribution in [2.75, 3.05) is 19.4 Å². The zero-order valence-electron chi connectivity index (χ0n) is 20.2. The number of hydrogen-bond acceptors (Lipinski definition) is 6. The number of hydrogen-bond donors (Lipinski definition) is 0. The number of carbonyl (C=O) groups excluding carboxylic acids is 2. The molecule has 2 heterocycles. The number of ether oxygens (including phenoxy) is 1. The predicted octanol–water partition coefficient (Wildman–Crippen LogP) is 4.31. The van der Waals surface area contributed by atoms with E-state index in [-0.39, 0.29) is 23.3 Å². The highest BCUT2D eigenvalue weighted by molar-refractivity contribution is 7.99. The third-order valence-corrected chi connectivity index (χ3v) is 7.51. The average molecular weight is 494 g/mol. The summed E-state index contributed by atoms with van der Waals surface area (Å²) < 4.78 is 6.47.